The molecule has 1 unspecified atom stereocenters. The van der Waals surface area contributed by atoms with Crippen LogP contribution in [0, 0.1) is 0 Å². The zero-order valence-electron chi connectivity index (χ0n) is 9.27. The quantitative estimate of drug-likeness (QED) is 0.822. The summed E-state index contributed by atoms with van der Waals surface area (Å²) in [4.78, 5) is 4.55. The van der Waals surface area contributed by atoms with Crippen LogP contribution in [0.5, 0.6) is 0 Å². The minimum atomic E-state index is 0.551. The number of aryl methyl sites for hydroxylation is 1. The number of nitrogens with zero attached hydrogens (tertiary/aromatic N) is 2. The summed E-state index contributed by atoms with van der Waals surface area (Å²) in [6.07, 6.45) is 6.30. The summed E-state index contributed by atoms with van der Waals surface area (Å²) < 4.78 is 2.07. The van der Waals surface area contributed by atoms with E-state index in [0.717, 1.165) is 18.5 Å². The lowest BCUT2D eigenvalue weighted by molar-refractivity contribution is 0.562. The Morgan fingerprint density at radius 1 is 1.47 bits per heavy atom. The number of imidazole rings is 1. The molecule has 0 spiro atoms. The second-order valence-corrected chi connectivity index (χ2v) is 3.93. The fourth-order valence-corrected chi connectivity index (χ4v) is 1.62. The van der Waals surface area contributed by atoms with Gasteiger partial charge in [0.2, 0.25) is 0 Å². The number of rotatable bonds is 4. The first-order valence-electron chi connectivity index (χ1n) is 5.39. The van der Waals surface area contributed by atoms with Gasteiger partial charge >= 0.3 is 0 Å². The molecule has 0 saturated carbocycles. The maximum absolute atomic E-state index is 4.55. The highest BCUT2D eigenvalue weighted by Crippen LogP contribution is 2.07. The molecule has 80 valence electrons. The topological polar surface area (TPSA) is 29.3 Å². The van der Waals surface area contributed by atoms with Crippen LogP contribution in [0.2, 0.25) is 0 Å². The first-order valence-corrected chi connectivity index (χ1v) is 5.39. The van der Waals surface area contributed by atoms with Gasteiger partial charge < -0.3 is 9.72 Å². The zero-order valence-corrected chi connectivity index (χ0v) is 9.27. The van der Waals surface area contributed by atoms with Gasteiger partial charge in [-0.3, -0.25) is 0 Å². The molecule has 0 aliphatic heterocycles. The average molecular weight is 203 g/mol. The third kappa shape index (κ3) is 2.36. The van der Waals surface area contributed by atoms with E-state index in [4.69, 9.17) is 0 Å². The van der Waals surface area contributed by atoms with Crippen LogP contribution in [-0.2, 0) is 6.42 Å². The third-order valence-electron chi connectivity index (χ3n) is 2.74. The van der Waals surface area contributed by atoms with Crippen molar-refractivity contribution in [2.45, 2.75) is 25.8 Å². The number of pyridine rings is 1. The maximum Gasteiger partial charge on any atom is 0.136 e. The molecule has 0 radical (unpaired) electrons. The van der Waals surface area contributed by atoms with Gasteiger partial charge in [0.25, 0.3) is 0 Å². The van der Waals surface area contributed by atoms with Gasteiger partial charge in [-0.15, -0.1) is 0 Å². The van der Waals surface area contributed by atoms with Crippen molar-refractivity contribution in [2.24, 2.45) is 0 Å². The van der Waals surface area contributed by atoms with Crippen molar-refractivity contribution in [1.29, 1.82) is 0 Å². The molecule has 1 atom stereocenters. The number of aromatic nitrogens is 2. The fraction of sp³-hybridized carbons (Fsp3) is 0.417. The van der Waals surface area contributed by atoms with Gasteiger partial charge in [-0.1, -0.05) is 6.07 Å². The van der Waals surface area contributed by atoms with Gasteiger partial charge in [0, 0.05) is 18.4 Å². The largest absolute Gasteiger partial charge is 0.317 e. The molecule has 1 N–H and O–H groups in total. The highest BCUT2D eigenvalue weighted by atomic mass is 15.0. The van der Waals surface area contributed by atoms with E-state index in [0.29, 0.717) is 6.04 Å². The molecule has 15 heavy (non-hydrogen) atoms. The predicted molar refractivity (Wildman–Crippen MR) is 62.0 cm³/mol. The Morgan fingerprint density at radius 3 is 3.07 bits per heavy atom. The van der Waals surface area contributed by atoms with E-state index in [1.807, 2.05) is 31.4 Å². The smallest absolute Gasteiger partial charge is 0.136 e. The van der Waals surface area contributed by atoms with Crippen molar-refractivity contribution in [3.8, 4) is 0 Å². The molecule has 0 saturated heterocycles. The van der Waals surface area contributed by atoms with Gasteiger partial charge in [0.05, 0.1) is 5.69 Å². The molecular formula is C12H17N3. The van der Waals surface area contributed by atoms with E-state index in [9.17, 15) is 0 Å². The average Bonchev–Trinajstić information content (AvgIpc) is 2.68. The Bertz CT molecular complexity index is 400. The summed E-state index contributed by atoms with van der Waals surface area (Å²) in [6, 6.07) is 6.62. The van der Waals surface area contributed by atoms with E-state index in [1.165, 1.54) is 5.69 Å². The van der Waals surface area contributed by atoms with Gasteiger partial charge in [-0.05, 0) is 38.9 Å². The summed E-state index contributed by atoms with van der Waals surface area (Å²) in [6.45, 7) is 2.19. The highest BCUT2D eigenvalue weighted by Gasteiger charge is 2.03. The molecule has 3 nitrogen and oxygen atoms in total. The lowest BCUT2D eigenvalue weighted by Crippen LogP contribution is -2.21. The molecule has 0 bridgehead atoms. The summed E-state index contributed by atoms with van der Waals surface area (Å²) in [5.74, 6) is 0. The Balaban J connectivity index is 2.09. The standard InChI is InChI=1S/C12H17N3/c1-10(13-2)6-7-11-9-15-8-4-3-5-12(15)14-11/h3-5,8-10,13H,6-7H2,1-2H3. The molecule has 0 aromatic carbocycles. The maximum atomic E-state index is 4.55. The molecule has 2 aromatic heterocycles. The monoisotopic (exact) mass is 203 g/mol. The summed E-state index contributed by atoms with van der Waals surface area (Å²) in [5, 5.41) is 3.23. The van der Waals surface area contributed by atoms with Crippen LogP contribution in [0.3, 0.4) is 0 Å². The van der Waals surface area contributed by atoms with Crippen molar-refractivity contribution in [3.63, 3.8) is 0 Å². The van der Waals surface area contributed by atoms with Crippen LogP contribution in [0.15, 0.2) is 30.6 Å². The fourth-order valence-electron chi connectivity index (χ4n) is 1.62. The van der Waals surface area contributed by atoms with Crippen molar-refractivity contribution in [2.75, 3.05) is 7.05 Å². The second kappa shape index (κ2) is 4.45. The molecule has 0 aliphatic carbocycles. The van der Waals surface area contributed by atoms with E-state index in [-0.39, 0.29) is 0 Å². The first-order chi connectivity index (χ1) is 7.29. The Hall–Kier alpha value is -1.35. The van der Waals surface area contributed by atoms with Gasteiger partial charge in [-0.2, -0.15) is 0 Å². The Labute approximate surface area is 90.1 Å². The summed E-state index contributed by atoms with van der Waals surface area (Å²) in [7, 11) is 1.99. The Kier molecular flexibility index (Phi) is 3.02. The summed E-state index contributed by atoms with van der Waals surface area (Å²) in [5.41, 5.74) is 2.20. The molecule has 0 aliphatic rings. The molecule has 0 amide bonds. The molecule has 3 heteroatoms. The van der Waals surface area contributed by atoms with Crippen molar-refractivity contribution < 1.29 is 0 Å². The van der Waals surface area contributed by atoms with Crippen LogP contribution in [0.4, 0.5) is 0 Å². The predicted octanol–water partition coefficient (Wildman–Crippen LogP) is 1.87. The van der Waals surface area contributed by atoms with Crippen LogP contribution < -0.4 is 5.32 Å². The Morgan fingerprint density at radius 2 is 2.33 bits per heavy atom. The molecule has 0 fully saturated rings. The lowest BCUT2D eigenvalue weighted by Gasteiger charge is -2.07. The summed E-state index contributed by atoms with van der Waals surface area (Å²) >= 11 is 0. The van der Waals surface area contributed by atoms with E-state index in [2.05, 4.69) is 27.8 Å². The minimum Gasteiger partial charge on any atom is -0.317 e. The number of hydrogen-bond acceptors (Lipinski definition) is 2. The van der Waals surface area contributed by atoms with E-state index >= 15 is 0 Å². The van der Waals surface area contributed by atoms with Gasteiger partial charge in [-0.25, -0.2) is 4.98 Å². The van der Waals surface area contributed by atoms with Gasteiger partial charge in [0.15, 0.2) is 0 Å². The van der Waals surface area contributed by atoms with E-state index in [1.54, 1.807) is 0 Å². The van der Waals surface area contributed by atoms with E-state index < -0.39 is 0 Å². The lowest BCUT2D eigenvalue weighted by atomic mass is 10.1. The molecule has 2 heterocycles. The van der Waals surface area contributed by atoms with Crippen LogP contribution >= 0.6 is 0 Å². The molecule has 2 aromatic rings. The number of fused-ring (bicyclic) bond motifs is 1. The van der Waals surface area contributed by atoms with Crippen molar-refractivity contribution in [3.05, 3.63) is 36.3 Å². The van der Waals surface area contributed by atoms with Crippen molar-refractivity contribution in [1.82, 2.24) is 14.7 Å². The molecule has 2 rings (SSSR count). The zero-order chi connectivity index (χ0) is 10.7. The van der Waals surface area contributed by atoms with Gasteiger partial charge in [0.1, 0.15) is 5.65 Å². The van der Waals surface area contributed by atoms with Crippen LogP contribution in [0.25, 0.3) is 5.65 Å². The third-order valence-corrected chi connectivity index (χ3v) is 2.74. The highest BCUT2D eigenvalue weighted by molar-refractivity contribution is 5.39. The van der Waals surface area contributed by atoms with Crippen LogP contribution in [-0.4, -0.2) is 22.5 Å². The molecular weight excluding hydrogens is 186 g/mol. The number of nitrogens with one attached hydrogen (secondary N) is 1. The normalized spacial score (nSPS) is 13.2. The van der Waals surface area contributed by atoms with Crippen LogP contribution in [0.1, 0.15) is 19.0 Å². The first kappa shape index (κ1) is 10.2. The number of hydrogen-bond donors (Lipinski definition) is 1. The van der Waals surface area contributed by atoms with Crippen molar-refractivity contribution >= 4 is 5.65 Å². The second-order valence-electron chi connectivity index (χ2n) is 3.93. The SMILES string of the molecule is CNC(C)CCc1cn2ccccc2n1. The minimum absolute atomic E-state index is 0.551.